The van der Waals surface area contributed by atoms with Crippen LogP contribution in [0.15, 0.2) is 48.5 Å². The van der Waals surface area contributed by atoms with Crippen molar-refractivity contribution >= 4 is 11.9 Å². The standard InChI is InChI=1S/C22H25NO5/c1-26-19-10-6-9-17(21(19)27-2)15-28-22(25)18-13-20(24)23(14-18)12-11-16-7-4-3-5-8-16/h3-10,18H,11-15H2,1-2H3/t18-/m1/s1. The topological polar surface area (TPSA) is 65.1 Å². The number of para-hydroxylation sites is 1. The van der Waals surface area contributed by atoms with Crippen molar-refractivity contribution in [2.24, 2.45) is 5.92 Å². The molecule has 0 aliphatic carbocycles. The Hall–Kier alpha value is -3.02. The van der Waals surface area contributed by atoms with E-state index in [9.17, 15) is 9.59 Å². The third kappa shape index (κ3) is 4.63. The predicted molar refractivity (Wildman–Crippen MR) is 104 cm³/mol. The Morgan fingerprint density at radius 2 is 1.86 bits per heavy atom. The summed E-state index contributed by atoms with van der Waals surface area (Å²) >= 11 is 0. The van der Waals surface area contributed by atoms with Crippen molar-refractivity contribution in [1.29, 1.82) is 0 Å². The van der Waals surface area contributed by atoms with Crippen LogP contribution in [-0.4, -0.2) is 44.1 Å². The molecular weight excluding hydrogens is 358 g/mol. The molecule has 0 saturated carbocycles. The lowest BCUT2D eigenvalue weighted by molar-refractivity contribution is -0.149. The molecule has 0 spiro atoms. The zero-order valence-corrected chi connectivity index (χ0v) is 16.2. The van der Waals surface area contributed by atoms with Gasteiger partial charge in [-0.2, -0.15) is 0 Å². The molecule has 0 N–H and O–H groups in total. The molecule has 1 fully saturated rings. The van der Waals surface area contributed by atoms with E-state index in [0.29, 0.717) is 24.6 Å². The molecule has 1 atom stereocenters. The van der Waals surface area contributed by atoms with E-state index in [1.807, 2.05) is 42.5 Å². The molecule has 0 bridgehead atoms. The number of ether oxygens (including phenoxy) is 3. The largest absolute Gasteiger partial charge is 0.493 e. The molecule has 1 saturated heterocycles. The van der Waals surface area contributed by atoms with Crippen LogP contribution in [0, 0.1) is 5.92 Å². The molecule has 28 heavy (non-hydrogen) atoms. The molecule has 0 radical (unpaired) electrons. The van der Waals surface area contributed by atoms with Gasteiger partial charge in [0.1, 0.15) is 6.61 Å². The Labute approximate surface area is 165 Å². The van der Waals surface area contributed by atoms with Crippen molar-refractivity contribution in [3.05, 3.63) is 59.7 Å². The molecule has 148 valence electrons. The molecule has 0 unspecified atom stereocenters. The number of nitrogens with zero attached hydrogens (tertiary/aromatic N) is 1. The van der Waals surface area contributed by atoms with Gasteiger partial charge >= 0.3 is 5.97 Å². The maximum atomic E-state index is 12.5. The normalized spacial score (nSPS) is 16.1. The van der Waals surface area contributed by atoms with Crippen molar-refractivity contribution in [1.82, 2.24) is 4.90 Å². The maximum Gasteiger partial charge on any atom is 0.311 e. The van der Waals surface area contributed by atoms with Crippen molar-refractivity contribution < 1.29 is 23.8 Å². The number of methoxy groups -OCH3 is 2. The van der Waals surface area contributed by atoms with Gasteiger partial charge in [0.2, 0.25) is 5.91 Å². The third-order valence-electron chi connectivity index (χ3n) is 4.92. The summed E-state index contributed by atoms with van der Waals surface area (Å²) in [4.78, 5) is 26.5. The molecule has 0 aromatic heterocycles. The van der Waals surface area contributed by atoms with Crippen LogP contribution < -0.4 is 9.47 Å². The number of amides is 1. The first-order valence-corrected chi connectivity index (χ1v) is 9.30. The second-order valence-electron chi connectivity index (χ2n) is 6.74. The van der Waals surface area contributed by atoms with Crippen LogP contribution in [0.25, 0.3) is 0 Å². The van der Waals surface area contributed by atoms with Crippen LogP contribution in [-0.2, 0) is 27.4 Å². The zero-order chi connectivity index (χ0) is 19.9. The molecular formula is C22H25NO5. The van der Waals surface area contributed by atoms with E-state index in [1.54, 1.807) is 25.2 Å². The van der Waals surface area contributed by atoms with Gasteiger partial charge in [0.15, 0.2) is 11.5 Å². The molecule has 1 aliphatic heterocycles. The van der Waals surface area contributed by atoms with E-state index >= 15 is 0 Å². The summed E-state index contributed by atoms with van der Waals surface area (Å²) in [5.41, 5.74) is 1.90. The summed E-state index contributed by atoms with van der Waals surface area (Å²) in [6.07, 6.45) is 0.970. The number of esters is 1. The van der Waals surface area contributed by atoms with Gasteiger partial charge in [0, 0.05) is 25.1 Å². The van der Waals surface area contributed by atoms with Crippen LogP contribution in [0.4, 0.5) is 0 Å². The smallest absolute Gasteiger partial charge is 0.311 e. The predicted octanol–water partition coefficient (Wildman–Crippen LogP) is 2.84. The molecule has 6 nitrogen and oxygen atoms in total. The van der Waals surface area contributed by atoms with Crippen LogP contribution in [0.3, 0.4) is 0 Å². The van der Waals surface area contributed by atoms with Gasteiger partial charge in [-0.25, -0.2) is 0 Å². The van der Waals surface area contributed by atoms with Gasteiger partial charge < -0.3 is 19.1 Å². The number of likely N-dealkylation sites (tertiary alicyclic amines) is 1. The van der Waals surface area contributed by atoms with Crippen molar-refractivity contribution in [2.45, 2.75) is 19.4 Å². The highest BCUT2D eigenvalue weighted by atomic mass is 16.5. The van der Waals surface area contributed by atoms with E-state index in [2.05, 4.69) is 0 Å². The summed E-state index contributed by atoms with van der Waals surface area (Å²) in [5, 5.41) is 0. The Morgan fingerprint density at radius 1 is 1.07 bits per heavy atom. The van der Waals surface area contributed by atoms with E-state index in [0.717, 1.165) is 12.0 Å². The van der Waals surface area contributed by atoms with Gasteiger partial charge in [-0.3, -0.25) is 9.59 Å². The minimum absolute atomic E-state index is 0.00292. The monoisotopic (exact) mass is 383 g/mol. The lowest BCUT2D eigenvalue weighted by atomic mass is 10.1. The zero-order valence-electron chi connectivity index (χ0n) is 16.2. The molecule has 6 heteroatoms. The second-order valence-corrected chi connectivity index (χ2v) is 6.74. The Morgan fingerprint density at radius 3 is 2.57 bits per heavy atom. The summed E-state index contributed by atoms with van der Waals surface area (Å²) in [7, 11) is 3.10. The molecule has 1 amide bonds. The number of hydrogen-bond acceptors (Lipinski definition) is 5. The Kier molecular flexibility index (Phi) is 6.53. The van der Waals surface area contributed by atoms with Gasteiger partial charge in [-0.1, -0.05) is 42.5 Å². The van der Waals surface area contributed by atoms with Crippen molar-refractivity contribution in [2.75, 3.05) is 27.3 Å². The number of rotatable bonds is 8. The first-order valence-electron chi connectivity index (χ1n) is 9.30. The third-order valence-corrected chi connectivity index (χ3v) is 4.92. The molecule has 3 rings (SSSR count). The molecule has 1 aliphatic rings. The fourth-order valence-electron chi connectivity index (χ4n) is 3.39. The Bertz CT molecular complexity index is 821. The summed E-state index contributed by atoms with van der Waals surface area (Å²) < 4.78 is 16.1. The number of benzene rings is 2. The number of carbonyl (C=O) groups excluding carboxylic acids is 2. The lowest BCUT2D eigenvalue weighted by Gasteiger charge is -2.17. The summed E-state index contributed by atoms with van der Waals surface area (Å²) in [6.45, 7) is 1.09. The molecule has 2 aromatic carbocycles. The molecule has 2 aromatic rings. The van der Waals surface area contributed by atoms with Crippen molar-refractivity contribution in [3.8, 4) is 11.5 Å². The van der Waals surface area contributed by atoms with Gasteiger partial charge in [0.25, 0.3) is 0 Å². The van der Waals surface area contributed by atoms with Crippen molar-refractivity contribution in [3.63, 3.8) is 0 Å². The van der Waals surface area contributed by atoms with Crippen LogP contribution in [0.2, 0.25) is 0 Å². The fourth-order valence-corrected chi connectivity index (χ4v) is 3.39. The SMILES string of the molecule is COc1cccc(COC(=O)[C@@H]2CC(=O)N(CCc3ccccc3)C2)c1OC. The average molecular weight is 383 g/mol. The minimum Gasteiger partial charge on any atom is -0.493 e. The van der Waals surface area contributed by atoms with E-state index in [1.165, 1.54) is 5.56 Å². The van der Waals surface area contributed by atoms with Crippen LogP contribution >= 0.6 is 0 Å². The van der Waals surface area contributed by atoms with Gasteiger partial charge in [-0.05, 0) is 18.1 Å². The lowest BCUT2D eigenvalue weighted by Crippen LogP contribution is -2.28. The quantitative estimate of drug-likeness (QED) is 0.656. The summed E-state index contributed by atoms with van der Waals surface area (Å²) in [6, 6.07) is 15.4. The van der Waals surface area contributed by atoms with E-state index in [-0.39, 0.29) is 24.9 Å². The second kappa shape index (κ2) is 9.26. The number of hydrogen-bond donors (Lipinski definition) is 0. The van der Waals surface area contributed by atoms with Gasteiger partial charge in [-0.15, -0.1) is 0 Å². The molecule has 1 heterocycles. The highest BCUT2D eigenvalue weighted by Crippen LogP contribution is 2.31. The average Bonchev–Trinajstić information content (AvgIpc) is 3.11. The first kappa shape index (κ1) is 19.7. The Balaban J connectivity index is 1.53. The van der Waals surface area contributed by atoms with E-state index < -0.39 is 5.92 Å². The maximum absolute atomic E-state index is 12.5. The highest BCUT2D eigenvalue weighted by molar-refractivity contribution is 5.86. The minimum atomic E-state index is -0.431. The van der Waals surface area contributed by atoms with Crippen LogP contribution in [0.5, 0.6) is 11.5 Å². The fraction of sp³-hybridized carbons (Fsp3) is 0.364. The van der Waals surface area contributed by atoms with Crippen LogP contribution in [0.1, 0.15) is 17.5 Å². The number of carbonyl (C=O) groups is 2. The van der Waals surface area contributed by atoms with Gasteiger partial charge in [0.05, 0.1) is 20.1 Å². The summed E-state index contributed by atoms with van der Waals surface area (Å²) in [5.74, 6) is 0.334. The highest BCUT2D eigenvalue weighted by Gasteiger charge is 2.35. The first-order chi connectivity index (χ1) is 13.6. The van der Waals surface area contributed by atoms with E-state index in [4.69, 9.17) is 14.2 Å².